The fraction of sp³-hybridized carbons (Fsp3) is 0.222. The van der Waals surface area contributed by atoms with Gasteiger partial charge < -0.3 is 9.29 Å². The van der Waals surface area contributed by atoms with E-state index in [0.717, 1.165) is 0 Å². The lowest BCUT2D eigenvalue weighted by molar-refractivity contribution is -0.138. The first kappa shape index (κ1) is 12.5. The molecule has 16 heavy (non-hydrogen) atoms. The predicted octanol–water partition coefficient (Wildman–Crippen LogP) is 1.06. The molecular formula is C9H10O6S. The zero-order valence-corrected chi connectivity index (χ0v) is 9.14. The van der Waals surface area contributed by atoms with Crippen LogP contribution in [0.3, 0.4) is 0 Å². The lowest BCUT2D eigenvalue weighted by atomic mass is 10.0. The molecule has 88 valence electrons. The molecule has 1 atom stereocenters. The molecule has 2 N–H and O–H groups in total. The van der Waals surface area contributed by atoms with Crippen molar-refractivity contribution >= 4 is 16.4 Å². The van der Waals surface area contributed by atoms with Gasteiger partial charge in [-0.05, 0) is 24.6 Å². The molecule has 1 aromatic carbocycles. The minimum atomic E-state index is -4.59. The fourth-order valence-corrected chi connectivity index (χ4v) is 1.45. The van der Waals surface area contributed by atoms with Crippen LogP contribution in [0.25, 0.3) is 0 Å². The van der Waals surface area contributed by atoms with Crippen LogP contribution >= 0.6 is 0 Å². The first-order valence-corrected chi connectivity index (χ1v) is 5.66. The Morgan fingerprint density at radius 2 is 2.06 bits per heavy atom. The van der Waals surface area contributed by atoms with Crippen LogP contribution in [-0.4, -0.2) is 24.0 Å². The van der Waals surface area contributed by atoms with Crippen molar-refractivity contribution in [1.82, 2.24) is 0 Å². The minimum Gasteiger partial charge on any atom is -0.481 e. The first-order valence-electron chi connectivity index (χ1n) is 4.29. The summed E-state index contributed by atoms with van der Waals surface area (Å²) >= 11 is 0. The van der Waals surface area contributed by atoms with E-state index in [9.17, 15) is 13.2 Å². The van der Waals surface area contributed by atoms with Crippen LogP contribution in [0, 0.1) is 0 Å². The molecular weight excluding hydrogens is 236 g/mol. The van der Waals surface area contributed by atoms with Gasteiger partial charge in [0, 0.05) is 0 Å². The largest absolute Gasteiger partial charge is 0.481 e. The molecule has 6 nitrogen and oxygen atoms in total. The molecule has 1 rings (SSSR count). The second-order valence-corrected chi connectivity index (χ2v) is 4.17. The monoisotopic (exact) mass is 246 g/mol. The Labute approximate surface area is 92.4 Å². The smallest absolute Gasteiger partial charge is 0.446 e. The maximum atomic E-state index is 10.7. The zero-order valence-electron chi connectivity index (χ0n) is 8.32. The van der Waals surface area contributed by atoms with Gasteiger partial charge in [-0.25, -0.2) is 0 Å². The van der Waals surface area contributed by atoms with Crippen molar-refractivity contribution in [3.05, 3.63) is 29.8 Å². The van der Waals surface area contributed by atoms with E-state index in [4.69, 9.17) is 9.66 Å². The molecule has 7 heteroatoms. The summed E-state index contributed by atoms with van der Waals surface area (Å²) in [5, 5.41) is 8.75. The number of hydrogen-bond acceptors (Lipinski definition) is 4. The van der Waals surface area contributed by atoms with E-state index in [1.807, 2.05) is 0 Å². The molecule has 0 aliphatic heterocycles. The van der Waals surface area contributed by atoms with Crippen molar-refractivity contribution in [2.75, 3.05) is 0 Å². The van der Waals surface area contributed by atoms with Gasteiger partial charge in [-0.2, -0.15) is 8.42 Å². The molecule has 1 aromatic rings. The van der Waals surface area contributed by atoms with Gasteiger partial charge in [-0.15, -0.1) is 0 Å². The van der Waals surface area contributed by atoms with Gasteiger partial charge in [0.05, 0.1) is 5.92 Å². The molecule has 0 spiro atoms. The zero-order chi connectivity index (χ0) is 12.3. The Hall–Kier alpha value is -1.60. The van der Waals surface area contributed by atoms with Crippen molar-refractivity contribution in [1.29, 1.82) is 0 Å². The van der Waals surface area contributed by atoms with Crippen molar-refractivity contribution in [3.8, 4) is 5.75 Å². The van der Waals surface area contributed by atoms with Gasteiger partial charge in [0.1, 0.15) is 5.75 Å². The summed E-state index contributed by atoms with van der Waals surface area (Å²) in [5.41, 5.74) is 0.383. The van der Waals surface area contributed by atoms with Gasteiger partial charge in [0.15, 0.2) is 0 Å². The summed E-state index contributed by atoms with van der Waals surface area (Å²) in [7, 11) is -4.59. The van der Waals surface area contributed by atoms with Crippen LogP contribution in [0.5, 0.6) is 5.75 Å². The molecule has 0 bridgehead atoms. The molecule has 0 saturated heterocycles. The van der Waals surface area contributed by atoms with Crippen LogP contribution in [0.15, 0.2) is 24.3 Å². The topological polar surface area (TPSA) is 101 Å². The van der Waals surface area contributed by atoms with Gasteiger partial charge >= 0.3 is 16.4 Å². The van der Waals surface area contributed by atoms with E-state index in [1.165, 1.54) is 31.2 Å². The van der Waals surface area contributed by atoms with Gasteiger partial charge in [0.25, 0.3) is 0 Å². The third kappa shape index (κ3) is 3.52. The van der Waals surface area contributed by atoms with Crippen LogP contribution in [0.2, 0.25) is 0 Å². The third-order valence-electron chi connectivity index (χ3n) is 1.93. The highest BCUT2D eigenvalue weighted by atomic mass is 32.3. The van der Waals surface area contributed by atoms with Crippen LogP contribution in [0.1, 0.15) is 18.4 Å². The molecule has 0 radical (unpaired) electrons. The summed E-state index contributed by atoms with van der Waals surface area (Å²) in [6.07, 6.45) is 0. The van der Waals surface area contributed by atoms with E-state index in [2.05, 4.69) is 4.18 Å². The molecule has 0 heterocycles. The summed E-state index contributed by atoms with van der Waals surface area (Å²) in [5.74, 6) is -1.96. The number of aliphatic carboxylic acids is 1. The Morgan fingerprint density at radius 3 is 2.56 bits per heavy atom. The maximum Gasteiger partial charge on any atom is 0.446 e. The summed E-state index contributed by atoms with van der Waals surface area (Å²) in [6, 6.07) is 5.50. The highest BCUT2D eigenvalue weighted by molar-refractivity contribution is 7.81. The number of hydrogen-bond donors (Lipinski definition) is 2. The van der Waals surface area contributed by atoms with Crippen molar-refractivity contribution in [2.45, 2.75) is 12.8 Å². The van der Waals surface area contributed by atoms with Gasteiger partial charge in [-0.1, -0.05) is 12.1 Å². The average Bonchev–Trinajstić information content (AvgIpc) is 2.14. The Kier molecular flexibility index (Phi) is 3.51. The average molecular weight is 246 g/mol. The number of benzene rings is 1. The first-order chi connectivity index (χ1) is 7.29. The molecule has 0 aliphatic carbocycles. The Balaban J connectivity index is 3.00. The third-order valence-corrected chi connectivity index (χ3v) is 2.33. The van der Waals surface area contributed by atoms with E-state index in [-0.39, 0.29) is 5.75 Å². The second kappa shape index (κ2) is 4.50. The fourth-order valence-electron chi connectivity index (χ4n) is 1.10. The molecule has 1 unspecified atom stereocenters. The lowest BCUT2D eigenvalue weighted by Crippen LogP contribution is -2.09. The number of carboxylic acid groups (broad SMARTS) is 1. The quantitative estimate of drug-likeness (QED) is 0.770. The minimum absolute atomic E-state index is 0.131. The molecule has 0 aliphatic rings. The van der Waals surface area contributed by atoms with E-state index in [0.29, 0.717) is 5.56 Å². The predicted molar refractivity (Wildman–Crippen MR) is 54.7 cm³/mol. The maximum absolute atomic E-state index is 10.7. The number of carbonyl (C=O) groups is 1. The highest BCUT2D eigenvalue weighted by Crippen LogP contribution is 2.21. The van der Waals surface area contributed by atoms with Crippen molar-refractivity contribution < 1.29 is 27.1 Å². The summed E-state index contributed by atoms with van der Waals surface area (Å²) in [6.45, 7) is 1.45. The summed E-state index contributed by atoms with van der Waals surface area (Å²) in [4.78, 5) is 10.7. The number of rotatable bonds is 4. The van der Waals surface area contributed by atoms with Crippen molar-refractivity contribution in [2.24, 2.45) is 0 Å². The lowest BCUT2D eigenvalue weighted by Gasteiger charge is -2.08. The molecule has 0 fully saturated rings. The van der Waals surface area contributed by atoms with E-state index >= 15 is 0 Å². The van der Waals surface area contributed by atoms with E-state index in [1.54, 1.807) is 0 Å². The van der Waals surface area contributed by atoms with Gasteiger partial charge in [-0.3, -0.25) is 9.35 Å². The van der Waals surface area contributed by atoms with Crippen molar-refractivity contribution in [3.63, 3.8) is 0 Å². The van der Waals surface area contributed by atoms with Crippen LogP contribution in [0.4, 0.5) is 0 Å². The molecule has 0 amide bonds. The summed E-state index contributed by atoms with van der Waals surface area (Å²) < 4.78 is 33.5. The van der Waals surface area contributed by atoms with Crippen LogP contribution in [-0.2, 0) is 15.2 Å². The van der Waals surface area contributed by atoms with E-state index < -0.39 is 22.3 Å². The van der Waals surface area contributed by atoms with Gasteiger partial charge in [0.2, 0.25) is 0 Å². The highest BCUT2D eigenvalue weighted by Gasteiger charge is 2.15. The Bertz CT molecular complexity index is 492. The molecule has 0 aromatic heterocycles. The number of carboxylic acids is 1. The standard InChI is InChI=1S/C9H10O6S/c1-6(9(10)11)7-3-2-4-8(5-7)15-16(12,13)14/h2-6H,1H3,(H,10,11)(H,12,13,14). The molecule has 0 saturated carbocycles. The Morgan fingerprint density at radius 1 is 1.44 bits per heavy atom. The normalized spacial score (nSPS) is 13.1. The SMILES string of the molecule is CC(C(=O)O)c1cccc(OS(=O)(=O)O)c1. The second-order valence-electron chi connectivity index (χ2n) is 3.14. The van der Waals surface area contributed by atoms with Crippen LogP contribution < -0.4 is 4.18 Å².